The van der Waals surface area contributed by atoms with Crippen LogP contribution in [-0.4, -0.2) is 29.1 Å². The van der Waals surface area contributed by atoms with E-state index < -0.39 is 0 Å². The van der Waals surface area contributed by atoms with Gasteiger partial charge in [0.15, 0.2) is 0 Å². The third-order valence-corrected chi connectivity index (χ3v) is 5.02. The van der Waals surface area contributed by atoms with Crippen LogP contribution in [0.5, 0.6) is 0 Å². The van der Waals surface area contributed by atoms with E-state index in [-0.39, 0.29) is 0 Å². The average molecular weight is 205 g/mol. The standard InChI is InChI=1S/C9H19NS2/c1-6-4-7(11-2)5-8(12-3)9(6)10/h6-9H,4-5,10H2,1-3H3. The Hall–Kier alpha value is 0.660. The Balaban J connectivity index is 2.52. The summed E-state index contributed by atoms with van der Waals surface area (Å²) in [4.78, 5) is 0. The number of nitrogens with two attached hydrogens (primary N) is 1. The molecule has 4 unspecified atom stereocenters. The van der Waals surface area contributed by atoms with Gasteiger partial charge in [-0.15, -0.1) is 0 Å². The van der Waals surface area contributed by atoms with E-state index in [0.717, 1.165) is 5.25 Å². The summed E-state index contributed by atoms with van der Waals surface area (Å²) in [5, 5.41) is 1.53. The lowest BCUT2D eigenvalue weighted by Gasteiger charge is -2.37. The molecule has 0 saturated heterocycles. The molecule has 1 fully saturated rings. The van der Waals surface area contributed by atoms with Crippen LogP contribution >= 0.6 is 23.5 Å². The SMILES string of the molecule is CSC1CC(C)C(N)C(SC)C1. The van der Waals surface area contributed by atoms with Crippen molar-refractivity contribution in [2.24, 2.45) is 11.7 Å². The van der Waals surface area contributed by atoms with Crippen LogP contribution in [0.15, 0.2) is 0 Å². The molecule has 2 N–H and O–H groups in total. The first kappa shape index (κ1) is 10.7. The van der Waals surface area contributed by atoms with E-state index in [9.17, 15) is 0 Å². The molecule has 1 nitrogen and oxygen atoms in total. The predicted octanol–water partition coefficient (Wildman–Crippen LogP) is 2.21. The molecule has 4 atom stereocenters. The molecule has 0 amide bonds. The molecule has 3 heteroatoms. The molecule has 0 aromatic heterocycles. The molecule has 1 saturated carbocycles. The van der Waals surface area contributed by atoms with Crippen LogP contribution in [0.4, 0.5) is 0 Å². The quantitative estimate of drug-likeness (QED) is 0.748. The lowest BCUT2D eigenvalue weighted by atomic mass is 9.86. The molecule has 0 aromatic carbocycles. The van der Waals surface area contributed by atoms with Crippen LogP contribution in [-0.2, 0) is 0 Å². The van der Waals surface area contributed by atoms with Gasteiger partial charge < -0.3 is 5.73 Å². The highest BCUT2D eigenvalue weighted by Gasteiger charge is 2.32. The third kappa shape index (κ3) is 2.33. The van der Waals surface area contributed by atoms with Crippen LogP contribution in [0, 0.1) is 5.92 Å². The van der Waals surface area contributed by atoms with E-state index in [1.54, 1.807) is 0 Å². The Morgan fingerprint density at radius 2 is 1.83 bits per heavy atom. The Labute approximate surface area is 84.2 Å². The van der Waals surface area contributed by atoms with Gasteiger partial charge in [0.1, 0.15) is 0 Å². The first-order chi connectivity index (χ1) is 5.69. The zero-order valence-corrected chi connectivity index (χ0v) is 9.75. The summed E-state index contributed by atoms with van der Waals surface area (Å²) in [7, 11) is 0. The lowest BCUT2D eigenvalue weighted by Crippen LogP contribution is -2.45. The average Bonchev–Trinajstić information content (AvgIpc) is 2.09. The Morgan fingerprint density at radius 1 is 1.17 bits per heavy atom. The maximum absolute atomic E-state index is 6.12. The predicted molar refractivity (Wildman–Crippen MR) is 61.0 cm³/mol. The molecule has 1 rings (SSSR count). The second kappa shape index (κ2) is 4.77. The molecule has 0 spiro atoms. The van der Waals surface area contributed by atoms with Crippen molar-refractivity contribution in [2.45, 2.75) is 36.3 Å². The number of hydrogen-bond donors (Lipinski definition) is 1. The summed E-state index contributed by atoms with van der Waals surface area (Å²) in [6.07, 6.45) is 7.00. The van der Waals surface area contributed by atoms with Gasteiger partial charge in [0.05, 0.1) is 0 Å². The molecule has 1 aliphatic rings. The first-order valence-electron chi connectivity index (χ1n) is 4.50. The second-order valence-electron chi connectivity index (χ2n) is 3.66. The Kier molecular flexibility index (Phi) is 4.27. The molecule has 1 aliphatic carbocycles. The van der Waals surface area contributed by atoms with Gasteiger partial charge in [-0.3, -0.25) is 0 Å². The van der Waals surface area contributed by atoms with Crippen LogP contribution in [0.25, 0.3) is 0 Å². The van der Waals surface area contributed by atoms with Crippen LogP contribution in [0.3, 0.4) is 0 Å². The second-order valence-corrected chi connectivity index (χ2v) is 5.87. The smallest absolute Gasteiger partial charge is 0.0209 e. The summed E-state index contributed by atoms with van der Waals surface area (Å²) in [6.45, 7) is 2.29. The van der Waals surface area contributed by atoms with Crippen LogP contribution in [0.1, 0.15) is 19.8 Å². The van der Waals surface area contributed by atoms with Crippen LogP contribution < -0.4 is 5.73 Å². The normalized spacial score (nSPS) is 43.0. The Morgan fingerprint density at radius 3 is 2.33 bits per heavy atom. The van der Waals surface area contributed by atoms with Gasteiger partial charge in [-0.25, -0.2) is 0 Å². The molecule has 0 heterocycles. The van der Waals surface area contributed by atoms with E-state index in [2.05, 4.69) is 19.4 Å². The minimum atomic E-state index is 0.420. The van der Waals surface area contributed by atoms with Crippen molar-refractivity contribution in [1.82, 2.24) is 0 Å². The van der Waals surface area contributed by atoms with Gasteiger partial charge in [-0.05, 0) is 31.3 Å². The van der Waals surface area contributed by atoms with Crippen molar-refractivity contribution in [3.63, 3.8) is 0 Å². The molecule has 12 heavy (non-hydrogen) atoms. The van der Waals surface area contributed by atoms with E-state index in [1.807, 2.05) is 23.5 Å². The lowest BCUT2D eigenvalue weighted by molar-refractivity contribution is 0.348. The topological polar surface area (TPSA) is 26.0 Å². The van der Waals surface area contributed by atoms with E-state index in [0.29, 0.717) is 17.2 Å². The minimum absolute atomic E-state index is 0.420. The van der Waals surface area contributed by atoms with Crippen molar-refractivity contribution < 1.29 is 0 Å². The highest BCUT2D eigenvalue weighted by Crippen LogP contribution is 2.35. The molecule has 0 radical (unpaired) electrons. The fourth-order valence-corrected chi connectivity index (χ4v) is 3.92. The number of hydrogen-bond acceptors (Lipinski definition) is 3. The van der Waals surface area contributed by atoms with Crippen molar-refractivity contribution in [3.05, 3.63) is 0 Å². The molecular formula is C9H19NS2. The number of rotatable bonds is 2. The van der Waals surface area contributed by atoms with E-state index in [1.165, 1.54) is 12.8 Å². The molecule has 72 valence electrons. The molecule has 0 aliphatic heterocycles. The van der Waals surface area contributed by atoms with Gasteiger partial charge in [-0.1, -0.05) is 6.92 Å². The maximum atomic E-state index is 6.12. The third-order valence-electron chi connectivity index (χ3n) is 2.85. The fourth-order valence-electron chi connectivity index (χ4n) is 1.90. The van der Waals surface area contributed by atoms with Gasteiger partial charge >= 0.3 is 0 Å². The van der Waals surface area contributed by atoms with Crippen molar-refractivity contribution in [1.29, 1.82) is 0 Å². The highest BCUT2D eigenvalue weighted by atomic mass is 32.2. The number of thioether (sulfide) groups is 2. The van der Waals surface area contributed by atoms with Gasteiger partial charge in [0.2, 0.25) is 0 Å². The molecular weight excluding hydrogens is 186 g/mol. The summed E-state index contributed by atoms with van der Waals surface area (Å²) in [6, 6.07) is 0.420. The summed E-state index contributed by atoms with van der Waals surface area (Å²) >= 11 is 3.94. The minimum Gasteiger partial charge on any atom is -0.326 e. The zero-order chi connectivity index (χ0) is 9.14. The van der Waals surface area contributed by atoms with Crippen molar-refractivity contribution in [3.8, 4) is 0 Å². The first-order valence-corrected chi connectivity index (χ1v) is 7.07. The zero-order valence-electron chi connectivity index (χ0n) is 8.12. The monoisotopic (exact) mass is 205 g/mol. The van der Waals surface area contributed by atoms with Gasteiger partial charge in [-0.2, -0.15) is 23.5 Å². The van der Waals surface area contributed by atoms with Gasteiger partial charge in [0, 0.05) is 16.5 Å². The summed E-state index contributed by atoms with van der Waals surface area (Å²) in [5.41, 5.74) is 6.12. The highest BCUT2D eigenvalue weighted by molar-refractivity contribution is 8.00. The summed E-state index contributed by atoms with van der Waals surface area (Å²) in [5.74, 6) is 0.702. The Bertz CT molecular complexity index is 140. The van der Waals surface area contributed by atoms with E-state index in [4.69, 9.17) is 5.73 Å². The largest absolute Gasteiger partial charge is 0.326 e. The van der Waals surface area contributed by atoms with E-state index >= 15 is 0 Å². The fraction of sp³-hybridized carbons (Fsp3) is 1.00. The van der Waals surface area contributed by atoms with Gasteiger partial charge in [0.25, 0.3) is 0 Å². The van der Waals surface area contributed by atoms with Crippen molar-refractivity contribution in [2.75, 3.05) is 12.5 Å². The molecule has 0 aromatic rings. The van der Waals surface area contributed by atoms with Crippen molar-refractivity contribution >= 4 is 23.5 Å². The summed E-state index contributed by atoms with van der Waals surface area (Å²) < 4.78 is 0. The molecule has 0 bridgehead atoms. The maximum Gasteiger partial charge on any atom is 0.0209 e. The van der Waals surface area contributed by atoms with Crippen LogP contribution in [0.2, 0.25) is 0 Å².